The molecule has 0 unspecified atom stereocenters. The van der Waals surface area contributed by atoms with E-state index in [0.717, 1.165) is 31.3 Å². The number of likely N-dealkylation sites (tertiary alicyclic amines) is 1. The van der Waals surface area contributed by atoms with Gasteiger partial charge in [-0.05, 0) is 26.3 Å². The van der Waals surface area contributed by atoms with Crippen molar-refractivity contribution in [3.63, 3.8) is 0 Å². The summed E-state index contributed by atoms with van der Waals surface area (Å²) in [6.07, 6.45) is 4.75. The quantitative estimate of drug-likeness (QED) is 0.763. The Morgan fingerprint density at radius 2 is 2.13 bits per heavy atom. The zero-order valence-corrected chi connectivity index (χ0v) is 9.57. The Morgan fingerprint density at radius 3 is 2.80 bits per heavy atom. The SMILES string of the molecule is CCc1nnc(CN2CCCC[C@@H]2C)o1. The summed E-state index contributed by atoms with van der Waals surface area (Å²) < 4.78 is 5.52. The van der Waals surface area contributed by atoms with Gasteiger partial charge >= 0.3 is 0 Å². The Bertz CT molecular complexity index is 311. The molecule has 0 aliphatic carbocycles. The van der Waals surface area contributed by atoms with Crippen molar-refractivity contribution in [3.05, 3.63) is 11.8 Å². The molecule has 1 fully saturated rings. The van der Waals surface area contributed by atoms with Crippen LogP contribution >= 0.6 is 0 Å². The molecule has 0 N–H and O–H groups in total. The molecule has 2 rings (SSSR count). The molecule has 0 bridgehead atoms. The molecule has 2 heterocycles. The molecule has 1 aliphatic heterocycles. The second-order valence-electron chi connectivity index (χ2n) is 4.26. The van der Waals surface area contributed by atoms with Gasteiger partial charge in [-0.2, -0.15) is 0 Å². The van der Waals surface area contributed by atoms with E-state index in [2.05, 4.69) is 22.0 Å². The number of hydrogen-bond acceptors (Lipinski definition) is 4. The van der Waals surface area contributed by atoms with Crippen molar-refractivity contribution >= 4 is 0 Å². The minimum Gasteiger partial charge on any atom is -0.424 e. The predicted molar refractivity (Wildman–Crippen MR) is 57.4 cm³/mol. The first kappa shape index (κ1) is 10.6. The highest BCUT2D eigenvalue weighted by Gasteiger charge is 2.20. The normalized spacial score (nSPS) is 23.2. The van der Waals surface area contributed by atoms with E-state index >= 15 is 0 Å². The number of aromatic nitrogens is 2. The number of piperidine rings is 1. The van der Waals surface area contributed by atoms with Crippen LogP contribution < -0.4 is 0 Å². The maximum absolute atomic E-state index is 5.52. The lowest BCUT2D eigenvalue weighted by atomic mass is 10.0. The van der Waals surface area contributed by atoms with Crippen LogP contribution in [-0.2, 0) is 13.0 Å². The molecule has 15 heavy (non-hydrogen) atoms. The summed E-state index contributed by atoms with van der Waals surface area (Å²) in [5.41, 5.74) is 0. The van der Waals surface area contributed by atoms with Crippen LogP contribution in [0.15, 0.2) is 4.42 Å². The molecule has 0 spiro atoms. The number of hydrogen-bond donors (Lipinski definition) is 0. The minimum absolute atomic E-state index is 0.649. The maximum Gasteiger partial charge on any atom is 0.230 e. The van der Waals surface area contributed by atoms with Gasteiger partial charge in [-0.25, -0.2) is 0 Å². The van der Waals surface area contributed by atoms with Crippen LogP contribution in [-0.4, -0.2) is 27.7 Å². The van der Waals surface area contributed by atoms with Crippen LogP contribution in [0.4, 0.5) is 0 Å². The van der Waals surface area contributed by atoms with E-state index in [-0.39, 0.29) is 0 Å². The topological polar surface area (TPSA) is 42.2 Å². The first-order valence-corrected chi connectivity index (χ1v) is 5.85. The van der Waals surface area contributed by atoms with Gasteiger partial charge in [0, 0.05) is 12.5 Å². The first-order valence-electron chi connectivity index (χ1n) is 5.85. The van der Waals surface area contributed by atoms with Crippen molar-refractivity contribution in [2.24, 2.45) is 0 Å². The van der Waals surface area contributed by atoms with Gasteiger partial charge in [0.25, 0.3) is 0 Å². The van der Waals surface area contributed by atoms with E-state index in [1.54, 1.807) is 0 Å². The number of nitrogens with zero attached hydrogens (tertiary/aromatic N) is 3. The molecule has 4 heteroatoms. The van der Waals surface area contributed by atoms with Gasteiger partial charge in [0.15, 0.2) is 0 Å². The molecule has 84 valence electrons. The molecule has 1 aromatic heterocycles. The average Bonchev–Trinajstić information content (AvgIpc) is 2.69. The fourth-order valence-electron chi connectivity index (χ4n) is 2.06. The highest BCUT2D eigenvalue weighted by Crippen LogP contribution is 2.18. The zero-order chi connectivity index (χ0) is 10.7. The van der Waals surface area contributed by atoms with Crippen molar-refractivity contribution < 1.29 is 4.42 Å². The average molecular weight is 209 g/mol. The predicted octanol–water partition coefficient (Wildman–Crippen LogP) is 2.01. The molecular weight excluding hydrogens is 190 g/mol. The molecular formula is C11H19N3O. The second-order valence-corrected chi connectivity index (χ2v) is 4.26. The van der Waals surface area contributed by atoms with Gasteiger partial charge in [0.05, 0.1) is 6.54 Å². The third-order valence-corrected chi connectivity index (χ3v) is 3.09. The van der Waals surface area contributed by atoms with Crippen LogP contribution in [0.2, 0.25) is 0 Å². The summed E-state index contributed by atoms with van der Waals surface area (Å²) in [7, 11) is 0. The summed E-state index contributed by atoms with van der Waals surface area (Å²) in [5.74, 6) is 1.51. The van der Waals surface area contributed by atoms with E-state index < -0.39 is 0 Å². The van der Waals surface area contributed by atoms with Gasteiger partial charge < -0.3 is 4.42 Å². The second kappa shape index (κ2) is 4.75. The van der Waals surface area contributed by atoms with Crippen molar-refractivity contribution in [3.8, 4) is 0 Å². The smallest absolute Gasteiger partial charge is 0.230 e. The van der Waals surface area contributed by atoms with Crippen molar-refractivity contribution in [1.82, 2.24) is 15.1 Å². The molecule has 0 saturated carbocycles. The third-order valence-electron chi connectivity index (χ3n) is 3.09. The number of aryl methyl sites for hydroxylation is 1. The van der Waals surface area contributed by atoms with Gasteiger partial charge in [0.2, 0.25) is 11.8 Å². The Hall–Kier alpha value is -0.900. The molecule has 4 nitrogen and oxygen atoms in total. The van der Waals surface area contributed by atoms with Gasteiger partial charge in [-0.3, -0.25) is 4.90 Å². The first-order chi connectivity index (χ1) is 7.29. The van der Waals surface area contributed by atoms with Crippen LogP contribution in [0.5, 0.6) is 0 Å². The maximum atomic E-state index is 5.52. The Kier molecular flexibility index (Phi) is 3.36. The molecule has 1 aliphatic rings. The summed E-state index contributed by atoms with van der Waals surface area (Å²) in [6, 6.07) is 0.649. The van der Waals surface area contributed by atoms with Gasteiger partial charge in [-0.15, -0.1) is 10.2 Å². The molecule has 0 radical (unpaired) electrons. The molecule has 1 atom stereocenters. The highest BCUT2D eigenvalue weighted by atomic mass is 16.4. The largest absolute Gasteiger partial charge is 0.424 e. The fraction of sp³-hybridized carbons (Fsp3) is 0.818. The monoisotopic (exact) mass is 209 g/mol. The lowest BCUT2D eigenvalue weighted by Gasteiger charge is -2.31. The van der Waals surface area contributed by atoms with Crippen LogP contribution in [0.3, 0.4) is 0 Å². The van der Waals surface area contributed by atoms with E-state index in [1.165, 1.54) is 19.3 Å². The number of rotatable bonds is 3. The molecule has 1 saturated heterocycles. The minimum atomic E-state index is 0.649. The van der Waals surface area contributed by atoms with E-state index in [1.807, 2.05) is 6.92 Å². The van der Waals surface area contributed by atoms with Crippen LogP contribution in [0, 0.1) is 0 Å². The van der Waals surface area contributed by atoms with Gasteiger partial charge in [-0.1, -0.05) is 13.3 Å². The Labute approximate surface area is 90.7 Å². The summed E-state index contributed by atoms with van der Waals surface area (Å²) in [4.78, 5) is 2.43. The molecule has 1 aromatic rings. The Morgan fingerprint density at radius 1 is 1.33 bits per heavy atom. The summed E-state index contributed by atoms with van der Waals surface area (Å²) >= 11 is 0. The fourth-order valence-corrected chi connectivity index (χ4v) is 2.06. The van der Waals surface area contributed by atoms with E-state index in [4.69, 9.17) is 4.42 Å². The molecule has 0 aromatic carbocycles. The van der Waals surface area contributed by atoms with Crippen molar-refractivity contribution in [2.75, 3.05) is 6.54 Å². The lowest BCUT2D eigenvalue weighted by Crippen LogP contribution is -2.36. The summed E-state index contributed by atoms with van der Waals surface area (Å²) in [6.45, 7) is 6.27. The molecule has 0 amide bonds. The van der Waals surface area contributed by atoms with Crippen LogP contribution in [0.25, 0.3) is 0 Å². The van der Waals surface area contributed by atoms with Gasteiger partial charge in [0.1, 0.15) is 0 Å². The highest BCUT2D eigenvalue weighted by molar-refractivity contribution is 4.84. The van der Waals surface area contributed by atoms with Crippen molar-refractivity contribution in [2.45, 2.75) is 52.1 Å². The van der Waals surface area contributed by atoms with Crippen molar-refractivity contribution in [1.29, 1.82) is 0 Å². The summed E-state index contributed by atoms with van der Waals surface area (Å²) in [5, 5.41) is 8.04. The standard InChI is InChI=1S/C11H19N3O/c1-3-10-12-13-11(15-10)8-14-7-5-4-6-9(14)2/h9H,3-8H2,1-2H3/t9-/m0/s1. The van der Waals surface area contributed by atoms with E-state index in [0.29, 0.717) is 6.04 Å². The third kappa shape index (κ3) is 2.56. The van der Waals surface area contributed by atoms with E-state index in [9.17, 15) is 0 Å². The lowest BCUT2D eigenvalue weighted by molar-refractivity contribution is 0.138. The zero-order valence-electron chi connectivity index (χ0n) is 9.57. The van der Waals surface area contributed by atoms with Crippen LogP contribution in [0.1, 0.15) is 44.9 Å². The Balaban J connectivity index is 1.95.